The molecule has 0 spiro atoms. The number of nitrogens with zero attached hydrogens (tertiary/aromatic N) is 3. The summed E-state index contributed by atoms with van der Waals surface area (Å²) in [6, 6.07) is 19.9. The number of aromatic nitrogens is 2. The van der Waals surface area contributed by atoms with E-state index in [9.17, 15) is 0 Å². The van der Waals surface area contributed by atoms with Crippen LogP contribution in [0.3, 0.4) is 0 Å². The second kappa shape index (κ2) is 6.85. The predicted molar refractivity (Wildman–Crippen MR) is 102 cm³/mol. The Bertz CT molecular complexity index is 831. The van der Waals surface area contributed by atoms with Crippen molar-refractivity contribution in [1.29, 1.82) is 0 Å². The maximum absolute atomic E-state index is 4.77. The fourth-order valence-corrected chi connectivity index (χ4v) is 4.04. The molecule has 128 valence electrons. The van der Waals surface area contributed by atoms with Crippen molar-refractivity contribution in [2.75, 3.05) is 6.54 Å². The third kappa shape index (κ3) is 3.12. The summed E-state index contributed by atoms with van der Waals surface area (Å²) in [6.45, 7) is 6.46. The van der Waals surface area contributed by atoms with Crippen LogP contribution in [0.25, 0.3) is 5.82 Å². The van der Waals surface area contributed by atoms with Crippen LogP contribution in [-0.2, 0) is 6.54 Å². The van der Waals surface area contributed by atoms with Crippen LogP contribution in [0.5, 0.6) is 0 Å². The zero-order valence-corrected chi connectivity index (χ0v) is 15.0. The molecule has 1 aromatic carbocycles. The Morgan fingerprint density at radius 2 is 1.72 bits per heavy atom. The Morgan fingerprint density at radius 1 is 0.960 bits per heavy atom. The van der Waals surface area contributed by atoms with Gasteiger partial charge < -0.3 is 4.57 Å². The van der Waals surface area contributed by atoms with E-state index >= 15 is 0 Å². The Labute approximate surface area is 149 Å². The van der Waals surface area contributed by atoms with E-state index in [1.165, 1.54) is 35.4 Å². The van der Waals surface area contributed by atoms with Crippen LogP contribution in [0.15, 0.2) is 60.8 Å². The summed E-state index contributed by atoms with van der Waals surface area (Å²) < 4.78 is 2.29. The van der Waals surface area contributed by atoms with E-state index in [0.29, 0.717) is 6.04 Å². The molecular weight excluding hydrogens is 306 g/mol. The lowest BCUT2D eigenvalue weighted by atomic mass is 10.0. The molecule has 0 N–H and O–H groups in total. The number of pyridine rings is 1. The maximum atomic E-state index is 4.77. The molecule has 1 unspecified atom stereocenters. The number of likely N-dealkylation sites (tertiary alicyclic amines) is 1. The quantitative estimate of drug-likeness (QED) is 0.683. The first-order valence-corrected chi connectivity index (χ1v) is 9.12. The molecule has 25 heavy (non-hydrogen) atoms. The van der Waals surface area contributed by atoms with Gasteiger partial charge >= 0.3 is 0 Å². The van der Waals surface area contributed by atoms with E-state index in [-0.39, 0.29) is 0 Å². The smallest absolute Gasteiger partial charge is 0.141 e. The minimum atomic E-state index is 0.435. The maximum Gasteiger partial charge on any atom is 0.141 e. The van der Waals surface area contributed by atoms with Crippen LogP contribution in [-0.4, -0.2) is 21.0 Å². The lowest BCUT2D eigenvalue weighted by Gasteiger charge is -2.27. The van der Waals surface area contributed by atoms with Crippen LogP contribution < -0.4 is 0 Å². The summed E-state index contributed by atoms with van der Waals surface area (Å²) in [7, 11) is 0. The van der Waals surface area contributed by atoms with Gasteiger partial charge in [-0.25, -0.2) is 4.98 Å². The molecule has 1 aliphatic heterocycles. The Hall–Kier alpha value is -2.39. The van der Waals surface area contributed by atoms with Gasteiger partial charge in [-0.05, 0) is 57.0 Å². The molecule has 1 fully saturated rings. The second-order valence-electron chi connectivity index (χ2n) is 6.98. The van der Waals surface area contributed by atoms with Gasteiger partial charge in [0.15, 0.2) is 0 Å². The van der Waals surface area contributed by atoms with E-state index in [2.05, 4.69) is 77.9 Å². The first kappa shape index (κ1) is 16.1. The van der Waals surface area contributed by atoms with Crippen LogP contribution >= 0.6 is 0 Å². The summed E-state index contributed by atoms with van der Waals surface area (Å²) in [5.41, 5.74) is 5.21. The number of hydrogen-bond acceptors (Lipinski definition) is 2. The van der Waals surface area contributed by atoms with E-state index in [4.69, 9.17) is 4.98 Å². The largest absolute Gasteiger partial charge is 0.303 e. The lowest BCUT2D eigenvalue weighted by molar-refractivity contribution is 0.248. The molecule has 0 saturated carbocycles. The molecule has 2 aromatic heterocycles. The molecule has 3 aromatic rings. The van der Waals surface area contributed by atoms with Crippen molar-refractivity contribution < 1.29 is 0 Å². The molecule has 1 saturated heterocycles. The highest BCUT2D eigenvalue weighted by molar-refractivity contribution is 5.41. The Morgan fingerprint density at radius 3 is 2.48 bits per heavy atom. The van der Waals surface area contributed by atoms with E-state index in [1.54, 1.807) is 0 Å². The summed E-state index contributed by atoms with van der Waals surface area (Å²) in [6.07, 6.45) is 4.36. The first-order valence-electron chi connectivity index (χ1n) is 9.12. The fourth-order valence-electron chi connectivity index (χ4n) is 4.04. The molecule has 0 bridgehead atoms. The van der Waals surface area contributed by atoms with Gasteiger partial charge in [0.05, 0.1) is 0 Å². The van der Waals surface area contributed by atoms with Gasteiger partial charge in [0, 0.05) is 35.7 Å². The van der Waals surface area contributed by atoms with Crippen molar-refractivity contribution in [3.8, 4) is 5.82 Å². The second-order valence-corrected chi connectivity index (χ2v) is 6.98. The van der Waals surface area contributed by atoms with Gasteiger partial charge in [-0.3, -0.25) is 4.90 Å². The highest BCUT2D eigenvalue weighted by Crippen LogP contribution is 2.36. The van der Waals surface area contributed by atoms with Crippen LogP contribution in [0.2, 0.25) is 0 Å². The van der Waals surface area contributed by atoms with Gasteiger partial charge in [0.1, 0.15) is 5.82 Å². The van der Waals surface area contributed by atoms with Crippen molar-refractivity contribution in [2.24, 2.45) is 0 Å². The van der Waals surface area contributed by atoms with Crippen molar-refractivity contribution in [3.05, 3.63) is 83.3 Å². The van der Waals surface area contributed by atoms with Gasteiger partial charge in [-0.1, -0.05) is 36.4 Å². The first-order chi connectivity index (χ1) is 12.2. The molecule has 0 radical (unpaired) electrons. The van der Waals surface area contributed by atoms with Gasteiger partial charge in [0.2, 0.25) is 0 Å². The molecule has 0 aliphatic carbocycles. The number of benzene rings is 1. The van der Waals surface area contributed by atoms with Gasteiger partial charge in [-0.15, -0.1) is 0 Å². The van der Waals surface area contributed by atoms with Crippen LogP contribution in [0.4, 0.5) is 0 Å². The van der Waals surface area contributed by atoms with Crippen molar-refractivity contribution in [3.63, 3.8) is 0 Å². The minimum absolute atomic E-state index is 0.435. The molecule has 3 nitrogen and oxygen atoms in total. The number of rotatable bonds is 4. The molecule has 3 heterocycles. The van der Waals surface area contributed by atoms with Crippen molar-refractivity contribution >= 4 is 0 Å². The molecule has 3 heteroatoms. The zero-order valence-electron chi connectivity index (χ0n) is 15.0. The molecule has 4 rings (SSSR count). The van der Waals surface area contributed by atoms with Crippen LogP contribution in [0.1, 0.15) is 41.4 Å². The molecule has 1 atom stereocenters. The third-order valence-corrected chi connectivity index (χ3v) is 5.25. The molecular formula is C22H25N3. The summed E-state index contributed by atoms with van der Waals surface area (Å²) in [4.78, 5) is 7.37. The van der Waals surface area contributed by atoms with E-state index in [0.717, 1.165) is 18.9 Å². The highest BCUT2D eigenvalue weighted by atomic mass is 15.2. The number of hydrogen-bond donors (Lipinski definition) is 0. The SMILES string of the molecule is Cc1ccc(C)n1-c1ncccc1C1CCCN1Cc1ccccc1. The van der Waals surface area contributed by atoms with E-state index < -0.39 is 0 Å². The van der Waals surface area contributed by atoms with Crippen molar-refractivity contribution in [2.45, 2.75) is 39.3 Å². The minimum Gasteiger partial charge on any atom is -0.303 e. The van der Waals surface area contributed by atoms with Crippen LogP contribution in [0, 0.1) is 13.8 Å². The standard InChI is InChI=1S/C22H25N3/c1-17-12-13-18(2)25(17)22-20(10-6-14-23-22)21-11-7-15-24(21)16-19-8-4-3-5-9-19/h3-6,8-10,12-14,21H,7,11,15-16H2,1-2H3. The van der Waals surface area contributed by atoms with Crippen molar-refractivity contribution in [1.82, 2.24) is 14.5 Å². The van der Waals surface area contributed by atoms with Gasteiger partial charge in [0.25, 0.3) is 0 Å². The molecule has 0 amide bonds. The normalized spacial score (nSPS) is 17.9. The fraction of sp³-hybridized carbons (Fsp3) is 0.318. The topological polar surface area (TPSA) is 21.1 Å². The lowest BCUT2D eigenvalue weighted by Crippen LogP contribution is -2.24. The predicted octanol–water partition coefficient (Wildman–Crippen LogP) is 4.83. The Kier molecular flexibility index (Phi) is 4.41. The monoisotopic (exact) mass is 331 g/mol. The molecule has 1 aliphatic rings. The summed E-state index contributed by atoms with van der Waals surface area (Å²) in [5.74, 6) is 1.09. The summed E-state index contributed by atoms with van der Waals surface area (Å²) >= 11 is 0. The summed E-state index contributed by atoms with van der Waals surface area (Å²) in [5, 5.41) is 0. The average molecular weight is 331 g/mol. The third-order valence-electron chi connectivity index (χ3n) is 5.25. The number of aryl methyl sites for hydroxylation is 2. The van der Waals surface area contributed by atoms with Gasteiger partial charge in [-0.2, -0.15) is 0 Å². The highest BCUT2D eigenvalue weighted by Gasteiger charge is 2.29. The average Bonchev–Trinajstić information content (AvgIpc) is 3.22. The van der Waals surface area contributed by atoms with E-state index in [1.807, 2.05) is 6.20 Å². The zero-order chi connectivity index (χ0) is 17.2. The Balaban J connectivity index is 1.70.